The molecule has 1 aromatic carbocycles. The van der Waals surface area contributed by atoms with Gasteiger partial charge < -0.3 is 24.3 Å². The Hall–Kier alpha value is -1.30. The van der Waals surface area contributed by atoms with E-state index in [1.807, 2.05) is 12.1 Å². The number of rotatable bonds is 9. The van der Waals surface area contributed by atoms with Gasteiger partial charge in [-0.2, -0.15) is 0 Å². The first kappa shape index (κ1) is 14.1. The molecule has 5 heteroatoms. The van der Waals surface area contributed by atoms with Crippen molar-refractivity contribution in [3.05, 3.63) is 23.8 Å². The summed E-state index contributed by atoms with van der Waals surface area (Å²) in [4.78, 5) is 0. The van der Waals surface area contributed by atoms with Crippen LogP contribution in [0.25, 0.3) is 0 Å². The van der Waals surface area contributed by atoms with E-state index in [2.05, 4.69) is 11.4 Å². The number of ether oxygens (including phenoxy) is 4. The summed E-state index contributed by atoms with van der Waals surface area (Å²) >= 11 is 0. The Morgan fingerprint density at radius 2 is 2.16 bits per heavy atom. The highest BCUT2D eigenvalue weighted by molar-refractivity contribution is 5.48. The van der Waals surface area contributed by atoms with Gasteiger partial charge in [0.1, 0.15) is 0 Å². The van der Waals surface area contributed by atoms with Gasteiger partial charge in [0.2, 0.25) is 6.79 Å². The monoisotopic (exact) mass is 267 g/mol. The van der Waals surface area contributed by atoms with E-state index in [4.69, 9.17) is 18.9 Å². The van der Waals surface area contributed by atoms with E-state index in [1.165, 1.54) is 0 Å². The van der Waals surface area contributed by atoms with Crippen LogP contribution < -0.4 is 14.8 Å². The maximum atomic E-state index is 5.45. The number of nitrogens with one attached hydrogen (secondary N) is 1. The lowest BCUT2D eigenvalue weighted by molar-refractivity contribution is 0.0694. The molecule has 0 fully saturated rings. The third-order valence-electron chi connectivity index (χ3n) is 2.87. The van der Waals surface area contributed by atoms with E-state index in [0.29, 0.717) is 20.0 Å². The predicted octanol–water partition coefficient (Wildman–Crippen LogP) is 1.56. The molecule has 0 spiro atoms. The summed E-state index contributed by atoms with van der Waals surface area (Å²) in [7, 11) is 1.68. The van der Waals surface area contributed by atoms with E-state index < -0.39 is 0 Å². The number of hydrogen-bond acceptors (Lipinski definition) is 5. The molecule has 0 radical (unpaired) electrons. The molecule has 2 rings (SSSR count). The number of hydrogen-bond donors (Lipinski definition) is 1. The second-order valence-electron chi connectivity index (χ2n) is 4.29. The first-order valence-corrected chi connectivity index (χ1v) is 6.56. The molecule has 1 aliphatic heterocycles. The van der Waals surface area contributed by atoms with Gasteiger partial charge in [-0.1, -0.05) is 12.1 Å². The summed E-state index contributed by atoms with van der Waals surface area (Å²) in [6.07, 6.45) is 0.982. The average molecular weight is 267 g/mol. The van der Waals surface area contributed by atoms with Crippen LogP contribution in [0.5, 0.6) is 11.5 Å². The van der Waals surface area contributed by atoms with Crippen molar-refractivity contribution < 1.29 is 18.9 Å². The second kappa shape index (κ2) is 7.99. The normalized spacial score (nSPS) is 12.9. The fourth-order valence-corrected chi connectivity index (χ4v) is 1.90. The fraction of sp³-hybridized carbons (Fsp3) is 0.571. The molecule has 1 heterocycles. The number of benzene rings is 1. The Kier molecular flexibility index (Phi) is 5.94. The Balaban J connectivity index is 1.60. The van der Waals surface area contributed by atoms with Gasteiger partial charge in [-0.05, 0) is 19.0 Å². The summed E-state index contributed by atoms with van der Waals surface area (Å²) in [5, 5.41) is 3.38. The minimum Gasteiger partial charge on any atom is -0.454 e. The molecule has 0 aromatic heterocycles. The molecule has 1 aromatic rings. The SMILES string of the molecule is COCCOCCCNCc1cccc2c1OCO2. The van der Waals surface area contributed by atoms with Crippen molar-refractivity contribution in [1.82, 2.24) is 5.32 Å². The van der Waals surface area contributed by atoms with Gasteiger partial charge in [0.25, 0.3) is 0 Å². The van der Waals surface area contributed by atoms with Crippen molar-refractivity contribution in [2.45, 2.75) is 13.0 Å². The highest BCUT2D eigenvalue weighted by Crippen LogP contribution is 2.35. The van der Waals surface area contributed by atoms with Crippen LogP contribution in [0.2, 0.25) is 0 Å². The minimum atomic E-state index is 0.319. The summed E-state index contributed by atoms with van der Waals surface area (Å²) in [5.74, 6) is 1.70. The van der Waals surface area contributed by atoms with Crippen molar-refractivity contribution in [2.75, 3.05) is 40.3 Å². The molecular formula is C14H21NO4. The Labute approximate surface area is 113 Å². The van der Waals surface area contributed by atoms with Gasteiger partial charge in [0.05, 0.1) is 13.2 Å². The van der Waals surface area contributed by atoms with Crippen LogP contribution in [0, 0.1) is 0 Å². The maximum absolute atomic E-state index is 5.45. The van der Waals surface area contributed by atoms with Crippen molar-refractivity contribution in [3.63, 3.8) is 0 Å². The van der Waals surface area contributed by atoms with Crippen molar-refractivity contribution in [3.8, 4) is 11.5 Å². The zero-order chi connectivity index (χ0) is 13.3. The van der Waals surface area contributed by atoms with E-state index in [1.54, 1.807) is 7.11 Å². The average Bonchev–Trinajstić information content (AvgIpc) is 2.91. The lowest BCUT2D eigenvalue weighted by Crippen LogP contribution is -2.17. The quantitative estimate of drug-likeness (QED) is 0.688. The summed E-state index contributed by atoms with van der Waals surface area (Å²) < 4.78 is 21.1. The molecule has 0 aliphatic carbocycles. The van der Waals surface area contributed by atoms with E-state index in [-0.39, 0.29) is 0 Å². The van der Waals surface area contributed by atoms with Crippen LogP contribution >= 0.6 is 0 Å². The minimum absolute atomic E-state index is 0.319. The Morgan fingerprint density at radius 3 is 3.05 bits per heavy atom. The van der Waals surface area contributed by atoms with Crippen molar-refractivity contribution in [2.24, 2.45) is 0 Å². The van der Waals surface area contributed by atoms with Crippen LogP contribution in [0.1, 0.15) is 12.0 Å². The topological polar surface area (TPSA) is 49.0 Å². The molecule has 0 saturated heterocycles. The number of para-hydroxylation sites is 1. The zero-order valence-electron chi connectivity index (χ0n) is 11.3. The highest BCUT2D eigenvalue weighted by atomic mass is 16.7. The zero-order valence-corrected chi connectivity index (χ0v) is 11.3. The standard InChI is InChI=1S/C14H21NO4/c1-16-8-9-17-7-3-6-15-10-12-4-2-5-13-14(12)19-11-18-13/h2,4-5,15H,3,6-11H2,1H3. The number of methoxy groups -OCH3 is 1. The summed E-state index contributed by atoms with van der Waals surface area (Å²) in [6.45, 7) is 4.08. The van der Waals surface area contributed by atoms with Gasteiger partial charge in [-0.3, -0.25) is 0 Å². The van der Waals surface area contributed by atoms with Crippen molar-refractivity contribution in [1.29, 1.82) is 0 Å². The molecule has 0 unspecified atom stereocenters. The lowest BCUT2D eigenvalue weighted by atomic mass is 10.2. The smallest absolute Gasteiger partial charge is 0.231 e. The van der Waals surface area contributed by atoms with Crippen LogP contribution in [-0.2, 0) is 16.0 Å². The van der Waals surface area contributed by atoms with Gasteiger partial charge in [-0.25, -0.2) is 0 Å². The van der Waals surface area contributed by atoms with Crippen LogP contribution in [0.4, 0.5) is 0 Å². The molecule has 0 atom stereocenters. The highest BCUT2D eigenvalue weighted by Gasteiger charge is 2.16. The lowest BCUT2D eigenvalue weighted by Gasteiger charge is -2.08. The molecule has 1 aliphatic rings. The summed E-state index contributed by atoms with van der Waals surface area (Å²) in [5.41, 5.74) is 1.13. The van der Waals surface area contributed by atoms with Gasteiger partial charge in [-0.15, -0.1) is 0 Å². The van der Waals surface area contributed by atoms with Gasteiger partial charge in [0, 0.05) is 25.8 Å². The Bertz CT molecular complexity index is 384. The number of fused-ring (bicyclic) bond motifs is 1. The molecular weight excluding hydrogens is 246 g/mol. The Morgan fingerprint density at radius 1 is 1.21 bits per heavy atom. The molecule has 5 nitrogen and oxygen atoms in total. The molecule has 106 valence electrons. The molecule has 19 heavy (non-hydrogen) atoms. The van der Waals surface area contributed by atoms with E-state index in [0.717, 1.165) is 43.2 Å². The van der Waals surface area contributed by atoms with Crippen LogP contribution in [0.3, 0.4) is 0 Å². The third-order valence-corrected chi connectivity index (χ3v) is 2.87. The van der Waals surface area contributed by atoms with E-state index in [9.17, 15) is 0 Å². The molecule has 0 bridgehead atoms. The molecule has 0 saturated carbocycles. The van der Waals surface area contributed by atoms with Crippen LogP contribution in [0.15, 0.2) is 18.2 Å². The van der Waals surface area contributed by atoms with E-state index >= 15 is 0 Å². The first-order valence-electron chi connectivity index (χ1n) is 6.56. The van der Waals surface area contributed by atoms with Crippen LogP contribution in [-0.4, -0.2) is 40.3 Å². The second-order valence-corrected chi connectivity index (χ2v) is 4.29. The molecule has 0 amide bonds. The maximum Gasteiger partial charge on any atom is 0.231 e. The fourth-order valence-electron chi connectivity index (χ4n) is 1.90. The predicted molar refractivity (Wildman–Crippen MR) is 71.6 cm³/mol. The molecule has 1 N–H and O–H groups in total. The van der Waals surface area contributed by atoms with Crippen molar-refractivity contribution >= 4 is 0 Å². The largest absolute Gasteiger partial charge is 0.454 e. The van der Waals surface area contributed by atoms with Gasteiger partial charge >= 0.3 is 0 Å². The summed E-state index contributed by atoms with van der Waals surface area (Å²) in [6, 6.07) is 5.96. The van der Waals surface area contributed by atoms with Gasteiger partial charge in [0.15, 0.2) is 11.5 Å². The first-order chi connectivity index (χ1) is 9.42. The third kappa shape index (κ3) is 4.38.